The van der Waals surface area contributed by atoms with Crippen LogP contribution in [0.3, 0.4) is 0 Å². The molecule has 2 aliphatic heterocycles. The predicted molar refractivity (Wildman–Crippen MR) is 95.9 cm³/mol. The number of carbonyl (C=O) groups excluding carboxylic acids is 1. The van der Waals surface area contributed by atoms with E-state index in [4.69, 9.17) is 0 Å². The molecule has 4 rings (SSSR count). The van der Waals surface area contributed by atoms with E-state index in [1.807, 2.05) is 23.3 Å². The molecule has 0 radical (unpaired) electrons. The molecule has 0 aromatic carbocycles. The van der Waals surface area contributed by atoms with Crippen molar-refractivity contribution in [2.24, 2.45) is 0 Å². The van der Waals surface area contributed by atoms with Crippen molar-refractivity contribution in [3.63, 3.8) is 0 Å². The highest BCUT2D eigenvalue weighted by Crippen LogP contribution is 2.40. The molecule has 128 valence electrons. The fourth-order valence-electron chi connectivity index (χ4n) is 4.04. The van der Waals surface area contributed by atoms with Crippen LogP contribution in [0.4, 0.5) is 0 Å². The van der Waals surface area contributed by atoms with Gasteiger partial charge in [-0.1, -0.05) is 0 Å². The molecule has 2 aromatic rings. The molecule has 4 heterocycles. The highest BCUT2D eigenvalue weighted by atomic mass is 32.1. The second kappa shape index (κ2) is 6.90. The second-order valence-corrected chi connectivity index (χ2v) is 8.68. The number of likely N-dealkylation sites (tertiary alicyclic amines) is 2. The third-order valence-electron chi connectivity index (χ3n) is 5.33. The van der Waals surface area contributed by atoms with Crippen LogP contribution in [0, 0.1) is 0 Å². The highest BCUT2D eigenvalue weighted by Gasteiger charge is 2.45. The molecule has 2 aliphatic rings. The Bertz CT molecular complexity index is 673. The van der Waals surface area contributed by atoms with Crippen LogP contribution in [0.25, 0.3) is 0 Å². The lowest BCUT2D eigenvalue weighted by atomic mass is 9.87. The fraction of sp³-hybridized carbons (Fsp3) is 0.588. The molecule has 0 bridgehead atoms. The van der Waals surface area contributed by atoms with E-state index in [1.54, 1.807) is 22.7 Å². The van der Waals surface area contributed by atoms with Crippen LogP contribution in [0.1, 0.15) is 42.0 Å². The normalized spacial score (nSPS) is 25.5. The minimum atomic E-state index is 0.0543. The number of amides is 1. The first-order chi connectivity index (χ1) is 11.8. The number of aromatic nitrogens is 2. The van der Waals surface area contributed by atoms with Crippen molar-refractivity contribution in [3.8, 4) is 0 Å². The van der Waals surface area contributed by atoms with Gasteiger partial charge in [-0.3, -0.25) is 14.7 Å². The number of hydrogen-bond donors (Lipinski definition) is 0. The molecule has 1 spiro atoms. The van der Waals surface area contributed by atoms with Crippen molar-refractivity contribution in [3.05, 3.63) is 33.2 Å². The van der Waals surface area contributed by atoms with Crippen molar-refractivity contribution in [1.82, 2.24) is 19.8 Å². The Balaban J connectivity index is 1.46. The van der Waals surface area contributed by atoms with Gasteiger partial charge < -0.3 is 4.90 Å². The maximum Gasteiger partial charge on any atom is 0.223 e. The molecule has 7 heteroatoms. The molecular formula is C17H22N4OS2. The average molecular weight is 363 g/mol. The molecule has 0 aliphatic carbocycles. The number of rotatable bonds is 4. The maximum atomic E-state index is 12.5. The standard InChI is InChI=1S/C17H22N4OS2/c22-16-2-4-17(21(16)11-14-10-18-13-24-14)3-1-7-20(8-5-17)12-15-19-6-9-23-15/h6,9-10,13H,1-5,7-8,11-12H2/t17-/m0/s1. The minimum Gasteiger partial charge on any atom is -0.332 e. The average Bonchev–Trinajstić information content (AvgIpc) is 3.29. The lowest BCUT2D eigenvalue weighted by Crippen LogP contribution is -2.45. The van der Waals surface area contributed by atoms with E-state index in [0.717, 1.165) is 51.9 Å². The molecule has 0 saturated carbocycles. The van der Waals surface area contributed by atoms with Gasteiger partial charge in [0.1, 0.15) is 5.01 Å². The number of carbonyl (C=O) groups is 1. The van der Waals surface area contributed by atoms with E-state index < -0.39 is 0 Å². The Morgan fingerprint density at radius 3 is 2.92 bits per heavy atom. The summed E-state index contributed by atoms with van der Waals surface area (Å²) in [5.74, 6) is 0.316. The molecule has 2 fully saturated rings. The van der Waals surface area contributed by atoms with Gasteiger partial charge in [0.2, 0.25) is 5.91 Å². The lowest BCUT2D eigenvalue weighted by Gasteiger charge is -2.38. The topological polar surface area (TPSA) is 49.3 Å². The van der Waals surface area contributed by atoms with Gasteiger partial charge in [0, 0.05) is 41.2 Å². The highest BCUT2D eigenvalue weighted by molar-refractivity contribution is 7.09. The Hall–Kier alpha value is -1.31. The Kier molecular flexibility index (Phi) is 4.65. The minimum absolute atomic E-state index is 0.0543. The first-order valence-corrected chi connectivity index (χ1v) is 10.3. The summed E-state index contributed by atoms with van der Waals surface area (Å²) in [5, 5.41) is 3.23. The number of thiazole rings is 2. The van der Waals surface area contributed by atoms with Gasteiger partial charge >= 0.3 is 0 Å². The molecular weight excluding hydrogens is 340 g/mol. The van der Waals surface area contributed by atoms with Gasteiger partial charge in [0.15, 0.2) is 0 Å². The molecule has 2 saturated heterocycles. The van der Waals surface area contributed by atoms with Crippen LogP contribution in [-0.4, -0.2) is 44.3 Å². The van der Waals surface area contributed by atoms with Gasteiger partial charge in [-0.05, 0) is 32.2 Å². The zero-order valence-electron chi connectivity index (χ0n) is 13.7. The van der Waals surface area contributed by atoms with E-state index in [2.05, 4.69) is 19.8 Å². The van der Waals surface area contributed by atoms with Crippen molar-refractivity contribution in [2.75, 3.05) is 13.1 Å². The van der Waals surface area contributed by atoms with Crippen molar-refractivity contribution in [2.45, 2.75) is 50.7 Å². The lowest BCUT2D eigenvalue weighted by molar-refractivity contribution is -0.132. The fourth-order valence-corrected chi connectivity index (χ4v) is 5.28. The summed E-state index contributed by atoms with van der Waals surface area (Å²) < 4.78 is 0. The van der Waals surface area contributed by atoms with Gasteiger partial charge in [-0.2, -0.15) is 0 Å². The summed E-state index contributed by atoms with van der Waals surface area (Å²) >= 11 is 3.37. The molecule has 0 unspecified atom stereocenters. The van der Waals surface area contributed by atoms with Crippen molar-refractivity contribution in [1.29, 1.82) is 0 Å². The number of nitrogens with zero attached hydrogens (tertiary/aromatic N) is 4. The second-order valence-electron chi connectivity index (χ2n) is 6.73. The van der Waals surface area contributed by atoms with Crippen LogP contribution >= 0.6 is 22.7 Å². The molecule has 2 aromatic heterocycles. The summed E-state index contributed by atoms with van der Waals surface area (Å²) in [4.78, 5) is 26.9. The van der Waals surface area contributed by atoms with E-state index in [1.165, 1.54) is 9.88 Å². The predicted octanol–water partition coefficient (Wildman–Crippen LogP) is 3.15. The summed E-state index contributed by atoms with van der Waals surface area (Å²) in [7, 11) is 0. The van der Waals surface area contributed by atoms with E-state index in [-0.39, 0.29) is 5.54 Å². The SMILES string of the molecule is O=C1CC[C@]2(CCCN(Cc3nccs3)CC2)N1Cc1cncs1. The third kappa shape index (κ3) is 3.25. The monoisotopic (exact) mass is 362 g/mol. The first kappa shape index (κ1) is 16.2. The van der Waals surface area contributed by atoms with E-state index in [9.17, 15) is 4.79 Å². The Labute approximate surface area is 150 Å². The van der Waals surface area contributed by atoms with Gasteiger partial charge in [-0.15, -0.1) is 22.7 Å². The number of hydrogen-bond acceptors (Lipinski definition) is 6. The van der Waals surface area contributed by atoms with Gasteiger partial charge in [-0.25, -0.2) is 4.98 Å². The zero-order valence-corrected chi connectivity index (χ0v) is 15.3. The molecule has 0 N–H and O–H groups in total. The Morgan fingerprint density at radius 2 is 2.12 bits per heavy atom. The summed E-state index contributed by atoms with van der Waals surface area (Å²) in [6.45, 7) is 3.82. The van der Waals surface area contributed by atoms with E-state index >= 15 is 0 Å². The zero-order chi connectivity index (χ0) is 16.4. The molecule has 5 nitrogen and oxygen atoms in total. The van der Waals surface area contributed by atoms with Crippen LogP contribution < -0.4 is 0 Å². The smallest absolute Gasteiger partial charge is 0.223 e. The van der Waals surface area contributed by atoms with Crippen LogP contribution in [0.2, 0.25) is 0 Å². The molecule has 1 atom stereocenters. The largest absolute Gasteiger partial charge is 0.332 e. The van der Waals surface area contributed by atoms with Crippen molar-refractivity contribution >= 4 is 28.6 Å². The molecule has 1 amide bonds. The van der Waals surface area contributed by atoms with Crippen LogP contribution in [0.5, 0.6) is 0 Å². The summed E-state index contributed by atoms with van der Waals surface area (Å²) in [5.41, 5.74) is 1.91. The maximum absolute atomic E-state index is 12.5. The Morgan fingerprint density at radius 1 is 1.17 bits per heavy atom. The third-order valence-corrected chi connectivity index (χ3v) is 6.86. The van der Waals surface area contributed by atoms with E-state index in [0.29, 0.717) is 12.3 Å². The van der Waals surface area contributed by atoms with Gasteiger partial charge in [0.25, 0.3) is 0 Å². The first-order valence-electron chi connectivity index (χ1n) is 8.54. The van der Waals surface area contributed by atoms with Gasteiger partial charge in [0.05, 0.1) is 18.6 Å². The summed E-state index contributed by atoms with van der Waals surface area (Å²) in [6.07, 6.45) is 8.83. The summed E-state index contributed by atoms with van der Waals surface area (Å²) in [6, 6.07) is 0. The van der Waals surface area contributed by atoms with Crippen LogP contribution in [0.15, 0.2) is 23.3 Å². The molecule has 24 heavy (non-hydrogen) atoms. The quantitative estimate of drug-likeness (QED) is 0.838. The van der Waals surface area contributed by atoms with Crippen molar-refractivity contribution < 1.29 is 4.79 Å². The van der Waals surface area contributed by atoms with Crippen LogP contribution in [-0.2, 0) is 17.9 Å².